The summed E-state index contributed by atoms with van der Waals surface area (Å²) < 4.78 is 3.46. The van der Waals surface area contributed by atoms with Crippen molar-refractivity contribution in [3.63, 3.8) is 0 Å². The van der Waals surface area contributed by atoms with Gasteiger partial charge in [-0.2, -0.15) is 0 Å². The maximum absolute atomic E-state index is 4.61. The Kier molecular flexibility index (Phi) is 2.79. The van der Waals surface area contributed by atoms with E-state index in [1.54, 1.807) is 11.9 Å². The zero-order valence-electron chi connectivity index (χ0n) is 11.9. The number of pyridine rings is 1. The number of fused-ring (bicyclic) bond motifs is 5. The van der Waals surface area contributed by atoms with Crippen LogP contribution in [0.15, 0.2) is 53.6 Å². The fraction of sp³-hybridized carbons (Fsp3) is 0.118. The Balaban J connectivity index is 2.04. The summed E-state index contributed by atoms with van der Waals surface area (Å²) in [6.07, 6.45) is 1.88. The van der Waals surface area contributed by atoms with E-state index in [2.05, 4.69) is 71.2 Å². The highest BCUT2D eigenvalue weighted by Crippen LogP contribution is 2.45. The first-order valence-electron chi connectivity index (χ1n) is 6.87. The van der Waals surface area contributed by atoms with Crippen molar-refractivity contribution < 1.29 is 0 Å². The average Bonchev–Trinajstić information content (AvgIpc) is 2.53. The molecule has 21 heavy (non-hydrogen) atoms. The third kappa shape index (κ3) is 1.87. The Labute approximate surface area is 128 Å². The standard InChI is InChI=1S/C17H15N3S/c1-20(2)14-9-10-18-16-13(14)8-7-12-11-5-3-4-6-15(11)21-19-17(12)16/h3-10,19H,1-2H3. The molecule has 0 saturated heterocycles. The van der Waals surface area contributed by atoms with Crippen molar-refractivity contribution in [1.82, 2.24) is 4.98 Å². The van der Waals surface area contributed by atoms with Crippen molar-refractivity contribution in [2.45, 2.75) is 4.90 Å². The van der Waals surface area contributed by atoms with Crippen LogP contribution in [-0.2, 0) is 0 Å². The van der Waals surface area contributed by atoms with Crippen molar-refractivity contribution in [1.29, 1.82) is 0 Å². The summed E-state index contributed by atoms with van der Waals surface area (Å²) in [5, 5.41) is 1.17. The van der Waals surface area contributed by atoms with Gasteiger partial charge in [0, 0.05) is 41.8 Å². The number of hydrogen-bond acceptors (Lipinski definition) is 4. The lowest BCUT2D eigenvalue weighted by molar-refractivity contribution is 1.14. The van der Waals surface area contributed by atoms with Crippen LogP contribution in [0.5, 0.6) is 0 Å². The molecule has 1 aliphatic heterocycles. The smallest absolute Gasteiger partial charge is 0.0968 e. The van der Waals surface area contributed by atoms with E-state index < -0.39 is 0 Å². The molecule has 0 bridgehead atoms. The van der Waals surface area contributed by atoms with E-state index in [1.807, 2.05) is 6.20 Å². The Morgan fingerprint density at radius 3 is 2.71 bits per heavy atom. The monoisotopic (exact) mass is 293 g/mol. The maximum Gasteiger partial charge on any atom is 0.0968 e. The fourth-order valence-electron chi connectivity index (χ4n) is 2.81. The largest absolute Gasteiger partial charge is 0.377 e. The van der Waals surface area contributed by atoms with Gasteiger partial charge in [-0.15, -0.1) is 0 Å². The van der Waals surface area contributed by atoms with Crippen molar-refractivity contribution in [2.24, 2.45) is 0 Å². The number of nitrogens with one attached hydrogen (secondary N) is 1. The van der Waals surface area contributed by atoms with Gasteiger partial charge in [-0.3, -0.25) is 4.98 Å². The minimum atomic E-state index is 1.03. The van der Waals surface area contributed by atoms with Crippen LogP contribution in [0.3, 0.4) is 0 Å². The number of nitrogens with zero attached hydrogens (tertiary/aromatic N) is 2. The predicted octanol–water partition coefficient (Wildman–Crippen LogP) is 4.40. The molecule has 0 atom stereocenters. The van der Waals surface area contributed by atoms with Gasteiger partial charge in [0.2, 0.25) is 0 Å². The number of anilines is 2. The van der Waals surface area contributed by atoms with Gasteiger partial charge < -0.3 is 9.62 Å². The molecule has 3 nitrogen and oxygen atoms in total. The van der Waals surface area contributed by atoms with E-state index in [1.165, 1.54) is 27.1 Å². The van der Waals surface area contributed by atoms with Crippen molar-refractivity contribution in [3.05, 3.63) is 48.7 Å². The highest BCUT2D eigenvalue weighted by atomic mass is 32.2. The first kappa shape index (κ1) is 12.5. The summed E-state index contributed by atoms with van der Waals surface area (Å²) >= 11 is 1.66. The van der Waals surface area contributed by atoms with Crippen molar-refractivity contribution >= 4 is 34.2 Å². The molecule has 0 saturated carbocycles. The third-order valence-electron chi connectivity index (χ3n) is 3.81. The zero-order chi connectivity index (χ0) is 14.4. The fourth-order valence-corrected chi connectivity index (χ4v) is 3.66. The normalized spacial score (nSPS) is 12.5. The second kappa shape index (κ2) is 4.67. The van der Waals surface area contributed by atoms with Crippen LogP contribution in [-0.4, -0.2) is 19.1 Å². The van der Waals surface area contributed by atoms with Crippen molar-refractivity contribution in [3.8, 4) is 11.1 Å². The molecule has 1 aromatic heterocycles. The number of benzene rings is 2. The van der Waals surface area contributed by atoms with E-state index >= 15 is 0 Å². The second-order valence-electron chi connectivity index (χ2n) is 5.31. The summed E-state index contributed by atoms with van der Waals surface area (Å²) in [6.45, 7) is 0. The van der Waals surface area contributed by atoms with Crippen LogP contribution in [0.1, 0.15) is 0 Å². The van der Waals surface area contributed by atoms with Crippen LogP contribution < -0.4 is 9.62 Å². The second-order valence-corrected chi connectivity index (χ2v) is 6.16. The molecule has 1 N–H and O–H groups in total. The topological polar surface area (TPSA) is 28.2 Å². The molecule has 0 radical (unpaired) electrons. The van der Waals surface area contributed by atoms with Crippen molar-refractivity contribution in [2.75, 3.05) is 23.7 Å². The summed E-state index contributed by atoms with van der Waals surface area (Å²) in [4.78, 5) is 7.99. The lowest BCUT2D eigenvalue weighted by Gasteiger charge is -2.23. The van der Waals surface area contributed by atoms with E-state index in [0.717, 1.165) is 11.2 Å². The molecule has 4 heteroatoms. The molecule has 1 aliphatic rings. The zero-order valence-corrected chi connectivity index (χ0v) is 12.7. The number of hydrogen-bond donors (Lipinski definition) is 1. The molecule has 2 heterocycles. The minimum Gasteiger partial charge on any atom is -0.377 e. The van der Waals surface area contributed by atoms with E-state index in [-0.39, 0.29) is 0 Å². The van der Waals surface area contributed by atoms with E-state index in [9.17, 15) is 0 Å². The van der Waals surface area contributed by atoms with Gasteiger partial charge in [0.25, 0.3) is 0 Å². The molecular weight excluding hydrogens is 278 g/mol. The number of rotatable bonds is 1. The maximum atomic E-state index is 4.61. The quantitative estimate of drug-likeness (QED) is 0.673. The van der Waals surface area contributed by atoms with Crippen LogP contribution in [0.2, 0.25) is 0 Å². The SMILES string of the molecule is CN(C)c1ccnc2c3c(ccc12)-c1ccccc1SN3. The molecule has 4 rings (SSSR count). The molecule has 0 unspecified atom stereocenters. The van der Waals surface area contributed by atoms with Gasteiger partial charge >= 0.3 is 0 Å². The summed E-state index contributed by atoms with van der Waals surface area (Å²) in [5.74, 6) is 0. The Morgan fingerprint density at radius 1 is 1.00 bits per heavy atom. The van der Waals surface area contributed by atoms with Gasteiger partial charge in [0.1, 0.15) is 0 Å². The van der Waals surface area contributed by atoms with Gasteiger partial charge in [-0.1, -0.05) is 24.3 Å². The summed E-state index contributed by atoms with van der Waals surface area (Å²) in [5.41, 5.74) is 5.82. The van der Waals surface area contributed by atoms with E-state index in [4.69, 9.17) is 0 Å². The van der Waals surface area contributed by atoms with Gasteiger partial charge in [0.05, 0.1) is 11.2 Å². The minimum absolute atomic E-state index is 1.03. The molecule has 3 aromatic rings. The lowest BCUT2D eigenvalue weighted by Crippen LogP contribution is -2.10. The van der Waals surface area contributed by atoms with Crippen LogP contribution in [0, 0.1) is 0 Å². The van der Waals surface area contributed by atoms with Gasteiger partial charge in [-0.05, 0) is 35.7 Å². The molecule has 0 amide bonds. The Hall–Kier alpha value is -2.20. The molecule has 104 valence electrons. The molecular formula is C17H15N3S. The summed E-state index contributed by atoms with van der Waals surface area (Å²) in [7, 11) is 4.12. The van der Waals surface area contributed by atoms with Crippen LogP contribution in [0.4, 0.5) is 11.4 Å². The lowest BCUT2D eigenvalue weighted by atomic mass is 10.00. The predicted molar refractivity (Wildman–Crippen MR) is 91.0 cm³/mol. The Bertz CT molecular complexity index is 843. The first-order chi connectivity index (χ1) is 10.3. The van der Waals surface area contributed by atoms with Crippen LogP contribution in [0.25, 0.3) is 22.0 Å². The van der Waals surface area contributed by atoms with Gasteiger partial charge in [-0.25, -0.2) is 0 Å². The van der Waals surface area contributed by atoms with E-state index in [0.29, 0.717) is 0 Å². The average molecular weight is 293 g/mol. The first-order valence-corrected chi connectivity index (χ1v) is 7.68. The molecule has 0 spiro atoms. The third-order valence-corrected chi connectivity index (χ3v) is 4.69. The highest BCUT2D eigenvalue weighted by Gasteiger charge is 2.19. The summed E-state index contributed by atoms with van der Waals surface area (Å²) in [6, 6.07) is 14.9. The van der Waals surface area contributed by atoms with Gasteiger partial charge in [0.15, 0.2) is 0 Å². The Morgan fingerprint density at radius 2 is 1.86 bits per heavy atom. The highest BCUT2D eigenvalue weighted by molar-refractivity contribution is 8.00. The molecule has 0 fully saturated rings. The number of aromatic nitrogens is 1. The molecule has 0 aliphatic carbocycles. The van der Waals surface area contributed by atoms with Crippen LogP contribution >= 0.6 is 11.9 Å². The molecule has 2 aromatic carbocycles.